The van der Waals surface area contributed by atoms with Crippen molar-refractivity contribution in [3.05, 3.63) is 23.8 Å². The molecule has 2 atom stereocenters. The van der Waals surface area contributed by atoms with Crippen molar-refractivity contribution in [1.82, 2.24) is 10.2 Å². The van der Waals surface area contributed by atoms with Crippen LogP contribution in [0.5, 0.6) is 0 Å². The third kappa shape index (κ3) is 3.79. The van der Waals surface area contributed by atoms with Crippen molar-refractivity contribution in [3.8, 4) is 0 Å². The Balaban J connectivity index is 1.39. The van der Waals surface area contributed by atoms with Gasteiger partial charge in [0.05, 0.1) is 16.7 Å². The molecule has 2 unspecified atom stereocenters. The summed E-state index contributed by atoms with van der Waals surface area (Å²) in [5.41, 5.74) is -0.557. The van der Waals surface area contributed by atoms with Gasteiger partial charge >= 0.3 is 6.18 Å². The van der Waals surface area contributed by atoms with Gasteiger partial charge in [0.15, 0.2) is 0 Å². The monoisotopic (exact) mass is 450 g/mol. The van der Waals surface area contributed by atoms with Crippen LogP contribution < -0.4 is 15.1 Å². The zero-order valence-electron chi connectivity index (χ0n) is 18.8. The maximum Gasteiger partial charge on any atom is 0.418 e. The summed E-state index contributed by atoms with van der Waals surface area (Å²) in [6.07, 6.45) is 0.912. The van der Waals surface area contributed by atoms with Gasteiger partial charge in [0.2, 0.25) is 5.91 Å². The van der Waals surface area contributed by atoms with E-state index >= 15 is 0 Å². The fraction of sp³-hybridized carbons (Fsp3) is 0.708. The second-order valence-electron chi connectivity index (χ2n) is 10.1. The summed E-state index contributed by atoms with van der Waals surface area (Å²) in [7, 11) is 0. The lowest BCUT2D eigenvalue weighted by atomic mass is 9.77. The number of benzene rings is 1. The highest BCUT2D eigenvalue weighted by atomic mass is 19.4. The van der Waals surface area contributed by atoms with Crippen LogP contribution in [0.3, 0.4) is 0 Å². The molecule has 4 saturated heterocycles. The molecule has 4 aliphatic heterocycles. The Morgan fingerprint density at radius 2 is 1.84 bits per heavy atom. The van der Waals surface area contributed by atoms with Crippen LogP contribution in [0.1, 0.15) is 51.0 Å². The van der Waals surface area contributed by atoms with Gasteiger partial charge in [0, 0.05) is 37.4 Å². The summed E-state index contributed by atoms with van der Waals surface area (Å²) >= 11 is 0. The molecule has 4 heterocycles. The number of carbonyl (C=O) groups is 1. The Hall–Kier alpha value is -1.80. The molecule has 176 valence electrons. The standard InChI is InChI=1S/C24H33F3N4O/c1-17-3-2-12-30(17)19-6-13-29(16-19)18-4-5-21(20(15-18)24(25,26)27)31-14-9-23(22(31)32)7-10-28-11-8-23/h4-5,15,17,19,28H,2-3,6-14,16H2,1H3. The van der Waals surface area contributed by atoms with Crippen LogP contribution in [-0.2, 0) is 11.0 Å². The van der Waals surface area contributed by atoms with Gasteiger partial charge in [0.25, 0.3) is 0 Å². The smallest absolute Gasteiger partial charge is 0.370 e. The SMILES string of the molecule is CC1CCCN1C1CCN(c2ccc(N3CCC4(CCNCC4)C3=O)c(C(F)(F)F)c2)C1. The van der Waals surface area contributed by atoms with Crippen molar-refractivity contribution in [2.45, 2.75) is 63.7 Å². The maximum atomic E-state index is 14.1. The van der Waals surface area contributed by atoms with Crippen molar-refractivity contribution >= 4 is 17.3 Å². The number of rotatable bonds is 3. The predicted octanol–water partition coefficient (Wildman–Crippen LogP) is 3.87. The number of likely N-dealkylation sites (tertiary alicyclic amines) is 1. The van der Waals surface area contributed by atoms with Gasteiger partial charge < -0.3 is 15.1 Å². The number of halogens is 3. The number of piperidine rings is 1. The molecule has 4 aliphatic rings. The van der Waals surface area contributed by atoms with Crippen LogP contribution >= 0.6 is 0 Å². The first kappa shape index (κ1) is 22.0. The lowest BCUT2D eigenvalue weighted by molar-refractivity contribution is -0.137. The highest BCUT2D eigenvalue weighted by Gasteiger charge is 2.49. The first-order valence-corrected chi connectivity index (χ1v) is 12.0. The molecule has 1 N–H and O–H groups in total. The Morgan fingerprint density at radius 3 is 2.53 bits per heavy atom. The molecular formula is C24H33F3N4O. The second kappa shape index (κ2) is 8.20. The van der Waals surface area contributed by atoms with E-state index in [0.29, 0.717) is 43.6 Å². The second-order valence-corrected chi connectivity index (χ2v) is 10.1. The average molecular weight is 451 g/mol. The summed E-state index contributed by atoms with van der Waals surface area (Å²) < 4.78 is 42.4. The topological polar surface area (TPSA) is 38.8 Å². The average Bonchev–Trinajstić information content (AvgIpc) is 3.48. The molecule has 0 saturated carbocycles. The zero-order valence-corrected chi connectivity index (χ0v) is 18.8. The van der Waals surface area contributed by atoms with E-state index in [1.165, 1.54) is 29.9 Å². The fourth-order valence-corrected chi connectivity index (χ4v) is 6.35. The molecule has 1 aromatic rings. The summed E-state index contributed by atoms with van der Waals surface area (Å²) in [6.45, 7) is 6.71. The Kier molecular flexibility index (Phi) is 5.64. The number of hydrogen-bond acceptors (Lipinski definition) is 4. The molecule has 1 aromatic carbocycles. The molecule has 5 rings (SSSR count). The normalized spacial score (nSPS) is 28.9. The number of amides is 1. The van der Waals surface area contributed by atoms with E-state index in [1.807, 2.05) is 0 Å². The molecule has 0 aliphatic carbocycles. The maximum absolute atomic E-state index is 14.1. The number of carbonyl (C=O) groups excluding carboxylic acids is 1. The minimum Gasteiger partial charge on any atom is -0.370 e. The van der Waals surface area contributed by atoms with E-state index in [-0.39, 0.29) is 11.6 Å². The Morgan fingerprint density at radius 1 is 1.06 bits per heavy atom. The molecule has 1 amide bonds. The van der Waals surface area contributed by atoms with E-state index in [1.54, 1.807) is 6.07 Å². The lowest BCUT2D eigenvalue weighted by Gasteiger charge is -2.32. The number of nitrogens with zero attached hydrogens (tertiary/aromatic N) is 3. The fourth-order valence-electron chi connectivity index (χ4n) is 6.35. The van der Waals surface area contributed by atoms with Crippen LogP contribution in [0, 0.1) is 5.41 Å². The lowest BCUT2D eigenvalue weighted by Crippen LogP contribution is -2.43. The first-order valence-electron chi connectivity index (χ1n) is 12.0. The summed E-state index contributed by atoms with van der Waals surface area (Å²) in [5, 5.41) is 3.25. The van der Waals surface area contributed by atoms with Crippen molar-refractivity contribution in [2.75, 3.05) is 49.1 Å². The summed E-state index contributed by atoms with van der Waals surface area (Å²) in [6, 6.07) is 5.53. The molecule has 1 spiro atoms. The van der Waals surface area contributed by atoms with E-state index in [0.717, 1.165) is 39.1 Å². The van der Waals surface area contributed by atoms with Crippen molar-refractivity contribution in [2.24, 2.45) is 5.41 Å². The Labute approximate surface area is 187 Å². The van der Waals surface area contributed by atoms with Gasteiger partial charge in [-0.05, 0) is 83.3 Å². The van der Waals surface area contributed by atoms with E-state index in [2.05, 4.69) is 22.0 Å². The molecule has 0 bridgehead atoms. The van der Waals surface area contributed by atoms with Crippen LogP contribution in [-0.4, -0.2) is 62.2 Å². The molecule has 8 heteroatoms. The molecule has 5 nitrogen and oxygen atoms in total. The van der Waals surface area contributed by atoms with Crippen molar-refractivity contribution in [1.29, 1.82) is 0 Å². The molecule has 4 fully saturated rings. The first-order chi connectivity index (χ1) is 15.3. The minimum atomic E-state index is -4.50. The largest absolute Gasteiger partial charge is 0.418 e. The van der Waals surface area contributed by atoms with E-state index in [9.17, 15) is 18.0 Å². The quantitative estimate of drug-likeness (QED) is 0.759. The highest BCUT2D eigenvalue weighted by Crippen LogP contribution is 2.46. The van der Waals surface area contributed by atoms with E-state index < -0.39 is 17.2 Å². The van der Waals surface area contributed by atoms with Gasteiger partial charge in [-0.2, -0.15) is 13.2 Å². The Bertz CT molecular complexity index is 867. The summed E-state index contributed by atoms with van der Waals surface area (Å²) in [4.78, 5) is 19.2. The molecule has 32 heavy (non-hydrogen) atoms. The van der Waals surface area contributed by atoms with Gasteiger partial charge in [0.1, 0.15) is 0 Å². The molecule has 0 aromatic heterocycles. The molecule has 0 radical (unpaired) electrons. The third-order valence-corrected chi connectivity index (χ3v) is 8.25. The number of anilines is 2. The van der Waals surface area contributed by atoms with Gasteiger partial charge in [-0.15, -0.1) is 0 Å². The van der Waals surface area contributed by atoms with Gasteiger partial charge in [-0.3, -0.25) is 9.69 Å². The van der Waals surface area contributed by atoms with Crippen LogP contribution in [0.15, 0.2) is 18.2 Å². The summed E-state index contributed by atoms with van der Waals surface area (Å²) in [5.74, 6) is -0.137. The van der Waals surface area contributed by atoms with E-state index in [4.69, 9.17) is 0 Å². The van der Waals surface area contributed by atoms with Crippen LogP contribution in [0.25, 0.3) is 0 Å². The predicted molar refractivity (Wildman–Crippen MR) is 119 cm³/mol. The van der Waals surface area contributed by atoms with Crippen LogP contribution in [0.2, 0.25) is 0 Å². The van der Waals surface area contributed by atoms with Gasteiger partial charge in [-0.25, -0.2) is 0 Å². The molecular weight excluding hydrogens is 417 g/mol. The third-order valence-electron chi connectivity index (χ3n) is 8.25. The number of alkyl halides is 3. The zero-order chi connectivity index (χ0) is 22.5. The van der Waals surface area contributed by atoms with Crippen molar-refractivity contribution in [3.63, 3.8) is 0 Å². The number of hydrogen-bond donors (Lipinski definition) is 1. The van der Waals surface area contributed by atoms with Crippen LogP contribution in [0.4, 0.5) is 24.5 Å². The van der Waals surface area contributed by atoms with Gasteiger partial charge in [-0.1, -0.05) is 0 Å². The van der Waals surface area contributed by atoms with Crippen molar-refractivity contribution < 1.29 is 18.0 Å². The minimum absolute atomic E-state index is 0.0190. The highest BCUT2D eigenvalue weighted by molar-refractivity contribution is 6.00. The number of nitrogens with one attached hydrogen (secondary N) is 1.